The summed E-state index contributed by atoms with van der Waals surface area (Å²) in [6.45, 7) is 0.621. The average Bonchev–Trinajstić information content (AvgIpc) is 2.84. The van der Waals surface area contributed by atoms with Crippen molar-refractivity contribution in [1.82, 2.24) is 10.1 Å². The lowest BCUT2D eigenvalue weighted by atomic mass is 10.3. The highest BCUT2D eigenvalue weighted by molar-refractivity contribution is 14.1. The summed E-state index contributed by atoms with van der Waals surface area (Å²) < 4.78 is 5.66. The number of aromatic nitrogens is 2. The van der Waals surface area contributed by atoms with Crippen LogP contribution < -0.4 is 5.32 Å². The zero-order chi connectivity index (χ0) is 13.0. The third-order valence-electron chi connectivity index (χ3n) is 2.22. The Kier molecular flexibility index (Phi) is 4.07. The zero-order valence-electron chi connectivity index (χ0n) is 9.17. The van der Waals surface area contributed by atoms with Gasteiger partial charge in [0.1, 0.15) is 0 Å². The molecule has 18 heavy (non-hydrogen) atoms. The highest BCUT2D eigenvalue weighted by Crippen LogP contribution is 2.23. The Hall–Kier alpha value is -1.71. The molecule has 0 saturated heterocycles. The second-order valence-corrected chi connectivity index (χ2v) is 4.60. The van der Waals surface area contributed by atoms with Gasteiger partial charge in [-0.05, 0) is 28.7 Å². The normalized spacial score (nSPS) is 10.3. The summed E-state index contributed by atoms with van der Waals surface area (Å²) in [7, 11) is 0. The van der Waals surface area contributed by atoms with Crippen molar-refractivity contribution in [1.29, 1.82) is 0 Å². The van der Waals surface area contributed by atoms with Gasteiger partial charge >= 0.3 is 0 Å². The topological polar surface area (TPSA) is 94.1 Å². The minimum Gasteiger partial charge on any atom is -0.384 e. The minimum absolute atomic E-state index is 0.0850. The summed E-state index contributed by atoms with van der Waals surface area (Å²) in [6.07, 6.45) is 1.96. The first kappa shape index (κ1) is 12.7. The first-order chi connectivity index (χ1) is 8.66. The molecule has 0 radical (unpaired) electrons. The average molecular weight is 360 g/mol. The summed E-state index contributed by atoms with van der Waals surface area (Å²) in [5.74, 6) is 0.555. The van der Waals surface area contributed by atoms with Crippen LogP contribution in [0.3, 0.4) is 0 Å². The third-order valence-corrected chi connectivity index (χ3v) is 3.12. The van der Waals surface area contributed by atoms with Gasteiger partial charge in [-0.1, -0.05) is 5.16 Å². The monoisotopic (exact) mass is 360 g/mol. The minimum atomic E-state index is -0.412. The van der Waals surface area contributed by atoms with Crippen molar-refractivity contribution < 1.29 is 9.45 Å². The van der Waals surface area contributed by atoms with E-state index >= 15 is 0 Å². The fraction of sp³-hybridized carbons (Fsp3) is 0.200. The van der Waals surface area contributed by atoms with Crippen molar-refractivity contribution in [2.75, 3.05) is 11.9 Å². The van der Waals surface area contributed by atoms with Gasteiger partial charge in [-0.2, -0.15) is 4.98 Å². The number of nitrogens with zero attached hydrogens (tertiary/aromatic N) is 3. The van der Waals surface area contributed by atoms with Crippen LogP contribution in [-0.4, -0.2) is 21.6 Å². The van der Waals surface area contributed by atoms with Crippen molar-refractivity contribution in [2.45, 2.75) is 6.42 Å². The van der Waals surface area contributed by atoms with Gasteiger partial charge < -0.3 is 9.84 Å². The summed E-state index contributed by atoms with van der Waals surface area (Å²) in [5.41, 5.74) is 0.933. The Morgan fingerprint density at radius 1 is 1.50 bits per heavy atom. The molecule has 8 heteroatoms. The Balaban J connectivity index is 1.95. The quantitative estimate of drug-likeness (QED) is 0.499. The first-order valence-electron chi connectivity index (χ1n) is 5.10. The predicted molar refractivity (Wildman–Crippen MR) is 72.3 cm³/mol. The maximum Gasteiger partial charge on any atom is 0.270 e. The lowest BCUT2D eigenvalue weighted by Gasteiger charge is -2.06. The molecule has 2 aromatic rings. The third kappa shape index (κ3) is 3.15. The summed E-state index contributed by atoms with van der Waals surface area (Å²) in [5, 5.41) is 17.3. The van der Waals surface area contributed by atoms with Gasteiger partial charge in [0, 0.05) is 34.4 Å². The van der Waals surface area contributed by atoms with Gasteiger partial charge in [0.2, 0.25) is 5.89 Å². The van der Waals surface area contributed by atoms with E-state index in [1.165, 1.54) is 18.5 Å². The van der Waals surface area contributed by atoms with Gasteiger partial charge in [0.25, 0.3) is 5.69 Å². The van der Waals surface area contributed by atoms with Gasteiger partial charge in [-0.3, -0.25) is 10.1 Å². The molecule has 94 valence electrons. The largest absolute Gasteiger partial charge is 0.384 e. The molecule has 0 bridgehead atoms. The molecule has 7 nitrogen and oxygen atoms in total. The smallest absolute Gasteiger partial charge is 0.270 e. The summed E-state index contributed by atoms with van der Waals surface area (Å²) in [6, 6.07) is 4.68. The Labute approximate surface area is 116 Å². The van der Waals surface area contributed by atoms with E-state index in [-0.39, 0.29) is 5.69 Å². The van der Waals surface area contributed by atoms with Crippen LogP contribution in [0.25, 0.3) is 0 Å². The van der Waals surface area contributed by atoms with Crippen molar-refractivity contribution in [3.05, 3.63) is 44.1 Å². The number of nitro benzene ring substituents is 1. The van der Waals surface area contributed by atoms with Crippen LogP contribution in [0.2, 0.25) is 0 Å². The van der Waals surface area contributed by atoms with Crippen molar-refractivity contribution >= 4 is 34.0 Å². The molecule has 0 atom stereocenters. The molecule has 0 aliphatic rings. The molecule has 1 heterocycles. The number of anilines is 1. The fourth-order valence-electron chi connectivity index (χ4n) is 1.37. The number of benzene rings is 1. The standard InChI is InChI=1S/C10H9IN4O3/c11-8-5-7(15(16)17)1-2-9(8)12-4-3-10-13-6-14-18-10/h1-2,5-6,12H,3-4H2. The fourth-order valence-corrected chi connectivity index (χ4v) is 2.06. The number of rotatable bonds is 5. The molecule has 0 aliphatic carbocycles. The molecule has 0 amide bonds. The van der Waals surface area contributed by atoms with Crippen LogP contribution in [0.1, 0.15) is 5.89 Å². The lowest BCUT2D eigenvalue weighted by Crippen LogP contribution is -2.06. The second-order valence-electron chi connectivity index (χ2n) is 3.43. The van der Waals surface area contributed by atoms with Crippen molar-refractivity contribution in [3.63, 3.8) is 0 Å². The van der Waals surface area contributed by atoms with Crippen LogP contribution in [0.5, 0.6) is 0 Å². The van der Waals surface area contributed by atoms with Crippen LogP contribution in [0.15, 0.2) is 29.0 Å². The molecule has 1 aromatic heterocycles. The Morgan fingerprint density at radius 2 is 2.33 bits per heavy atom. The van der Waals surface area contributed by atoms with Crippen LogP contribution in [-0.2, 0) is 6.42 Å². The summed E-state index contributed by atoms with van der Waals surface area (Å²) in [4.78, 5) is 14.1. The first-order valence-corrected chi connectivity index (χ1v) is 6.18. The number of nitro groups is 1. The van der Waals surface area contributed by atoms with E-state index in [2.05, 4.69) is 38.0 Å². The maximum absolute atomic E-state index is 10.6. The zero-order valence-corrected chi connectivity index (χ0v) is 11.3. The Morgan fingerprint density at radius 3 is 2.94 bits per heavy atom. The van der Waals surface area contributed by atoms with Crippen LogP contribution in [0, 0.1) is 13.7 Å². The molecular weight excluding hydrogens is 351 g/mol. The maximum atomic E-state index is 10.6. The van der Waals surface area contributed by atoms with E-state index < -0.39 is 4.92 Å². The van der Waals surface area contributed by atoms with E-state index in [0.29, 0.717) is 18.9 Å². The lowest BCUT2D eigenvalue weighted by molar-refractivity contribution is -0.384. The van der Waals surface area contributed by atoms with Crippen molar-refractivity contribution in [3.8, 4) is 0 Å². The van der Waals surface area contributed by atoms with Gasteiger partial charge in [-0.25, -0.2) is 0 Å². The van der Waals surface area contributed by atoms with E-state index in [4.69, 9.17) is 4.52 Å². The van der Waals surface area contributed by atoms with E-state index in [0.717, 1.165) is 9.26 Å². The Bertz CT molecular complexity index is 544. The predicted octanol–water partition coefficient (Wildman–Crippen LogP) is 2.24. The molecule has 0 unspecified atom stereocenters. The molecule has 0 spiro atoms. The van der Waals surface area contributed by atoms with Gasteiger partial charge in [0.15, 0.2) is 6.33 Å². The van der Waals surface area contributed by atoms with Crippen LogP contribution >= 0.6 is 22.6 Å². The van der Waals surface area contributed by atoms with E-state index in [9.17, 15) is 10.1 Å². The molecule has 0 fully saturated rings. The SMILES string of the molecule is O=[N+]([O-])c1ccc(NCCc2ncno2)c(I)c1. The molecule has 0 aliphatic heterocycles. The van der Waals surface area contributed by atoms with Crippen LogP contribution in [0.4, 0.5) is 11.4 Å². The summed E-state index contributed by atoms with van der Waals surface area (Å²) >= 11 is 2.05. The molecule has 1 N–H and O–H groups in total. The number of non-ortho nitro benzene ring substituents is 1. The second kappa shape index (κ2) is 5.76. The molecule has 0 saturated carbocycles. The molecule has 2 rings (SSSR count). The van der Waals surface area contributed by atoms with Gasteiger partial charge in [0.05, 0.1) is 4.92 Å². The number of hydrogen-bond donors (Lipinski definition) is 1. The van der Waals surface area contributed by atoms with Gasteiger partial charge in [-0.15, -0.1) is 0 Å². The van der Waals surface area contributed by atoms with Crippen molar-refractivity contribution in [2.24, 2.45) is 0 Å². The molecular formula is C10H9IN4O3. The van der Waals surface area contributed by atoms with E-state index in [1.807, 2.05) is 0 Å². The number of hydrogen-bond acceptors (Lipinski definition) is 6. The highest BCUT2D eigenvalue weighted by atomic mass is 127. The highest BCUT2D eigenvalue weighted by Gasteiger charge is 2.08. The number of nitrogens with one attached hydrogen (secondary N) is 1. The van der Waals surface area contributed by atoms with E-state index in [1.54, 1.807) is 6.07 Å². The molecule has 1 aromatic carbocycles. The number of halogens is 1.